The summed E-state index contributed by atoms with van der Waals surface area (Å²) >= 11 is 1.06. The predicted octanol–water partition coefficient (Wildman–Crippen LogP) is 7.38. The fraction of sp³-hybridized carbons (Fsp3) is 0.281. The molecule has 0 amide bonds. The number of fused-ring (bicyclic) bond motifs is 1. The number of aromatic amines is 2. The van der Waals surface area contributed by atoms with Gasteiger partial charge in [0.1, 0.15) is 16.9 Å². The van der Waals surface area contributed by atoms with Crippen molar-refractivity contribution in [1.29, 1.82) is 0 Å². The van der Waals surface area contributed by atoms with Crippen molar-refractivity contribution in [3.05, 3.63) is 88.2 Å². The Morgan fingerprint density at radius 1 is 1.15 bits per heavy atom. The largest absolute Gasteiger partial charge is 0.336 e. The average molecular weight is 540 g/mol. The summed E-state index contributed by atoms with van der Waals surface area (Å²) in [5, 5.41) is 9.27. The summed E-state index contributed by atoms with van der Waals surface area (Å²) in [6, 6.07) is 5.05. The molecule has 4 aromatic rings. The maximum Gasteiger partial charge on any atom is 0.177 e. The first-order valence-electron chi connectivity index (χ1n) is 13.5. The first kappa shape index (κ1) is 26.8. The van der Waals surface area contributed by atoms with Crippen molar-refractivity contribution in [3.63, 3.8) is 0 Å². The first-order chi connectivity index (χ1) is 19.0. The minimum absolute atomic E-state index is 0.252. The van der Waals surface area contributed by atoms with Gasteiger partial charge in [0, 0.05) is 11.4 Å². The smallest absolute Gasteiger partial charge is 0.177 e. The molecule has 2 N–H and O–H groups in total. The lowest BCUT2D eigenvalue weighted by Gasteiger charge is -2.22. The van der Waals surface area contributed by atoms with Gasteiger partial charge in [-0.15, -0.1) is 11.3 Å². The summed E-state index contributed by atoms with van der Waals surface area (Å²) in [6.07, 6.45) is 19.7. The Kier molecular flexibility index (Phi) is 8.17. The van der Waals surface area contributed by atoms with Crippen LogP contribution in [0.5, 0.6) is 0 Å². The maximum atomic E-state index is 13.7. The number of hydrogen-bond donors (Lipinski definition) is 2. The number of halogens is 1. The van der Waals surface area contributed by atoms with E-state index < -0.39 is 0 Å². The number of allylic oxidation sites excluding steroid dienone is 6. The summed E-state index contributed by atoms with van der Waals surface area (Å²) in [4.78, 5) is 13.5. The Morgan fingerprint density at radius 3 is 2.67 bits per heavy atom. The van der Waals surface area contributed by atoms with Crippen LogP contribution in [0, 0.1) is 11.0 Å². The van der Waals surface area contributed by atoms with Gasteiger partial charge >= 0.3 is 0 Å². The van der Waals surface area contributed by atoms with Crippen molar-refractivity contribution in [3.8, 4) is 22.1 Å². The molecule has 0 radical (unpaired) electrons. The molecule has 0 aliphatic heterocycles. The standard InChI is InChI=1S/C32H34FN5S/c1-5-21(18-22-11-9-8-10-12-22)19-23(6-2)20(4)17-24-25(7-3)37-38-29(24)32-35-26-15-16-34-31(30(26)36-32)27-13-14-28(33)39-27/h5-7,13-17,19,22,37H,1,4,8-12,18H2,2-3H3,(H,35,36)/b21-19+,23-6+,24-17+,25-7+. The van der Waals surface area contributed by atoms with Crippen LogP contribution in [-0.4, -0.2) is 25.1 Å². The highest BCUT2D eigenvalue weighted by atomic mass is 32.1. The summed E-state index contributed by atoms with van der Waals surface area (Å²) in [5.41, 5.74) is 6.03. The summed E-state index contributed by atoms with van der Waals surface area (Å²) in [6.45, 7) is 12.5. The number of H-pyrrole nitrogens is 2. The number of hydrogen-bond acceptors (Lipinski definition) is 4. The molecule has 1 saturated carbocycles. The SMILES string of the molecule is C=C/C(=C\C(=C/C)C(=C)/C=c1/c(-c2nc3c(-c4ccc(F)s4)nccc3[nH]2)n[nH]/c1=C/C)CC1CCCCC1. The predicted molar refractivity (Wildman–Crippen MR) is 161 cm³/mol. The van der Waals surface area contributed by atoms with Crippen molar-refractivity contribution < 1.29 is 4.39 Å². The zero-order chi connectivity index (χ0) is 27.4. The zero-order valence-electron chi connectivity index (χ0n) is 22.6. The van der Waals surface area contributed by atoms with Gasteiger partial charge in [0.2, 0.25) is 0 Å². The van der Waals surface area contributed by atoms with Crippen LogP contribution in [0.4, 0.5) is 4.39 Å². The Balaban J connectivity index is 1.52. The van der Waals surface area contributed by atoms with Gasteiger partial charge in [-0.05, 0) is 67.2 Å². The molecule has 0 aromatic carbocycles. The second kappa shape index (κ2) is 11.9. The number of imidazole rings is 1. The van der Waals surface area contributed by atoms with Gasteiger partial charge in [0.25, 0.3) is 0 Å². The highest BCUT2D eigenvalue weighted by Crippen LogP contribution is 2.32. The molecule has 4 heterocycles. The molecule has 0 saturated heterocycles. The molecule has 5 nitrogen and oxygen atoms in total. The molecule has 1 fully saturated rings. The van der Waals surface area contributed by atoms with Gasteiger partial charge in [-0.2, -0.15) is 9.49 Å². The minimum Gasteiger partial charge on any atom is -0.336 e. The molecule has 39 heavy (non-hydrogen) atoms. The van der Waals surface area contributed by atoms with Crippen molar-refractivity contribution in [2.24, 2.45) is 5.92 Å². The van der Waals surface area contributed by atoms with Crippen LogP contribution in [0.15, 0.2) is 72.5 Å². The van der Waals surface area contributed by atoms with Gasteiger partial charge in [-0.25, -0.2) is 4.98 Å². The lowest BCUT2D eigenvalue weighted by atomic mass is 9.84. The summed E-state index contributed by atoms with van der Waals surface area (Å²) in [7, 11) is 0. The van der Waals surface area contributed by atoms with Crippen LogP contribution in [0.1, 0.15) is 52.4 Å². The van der Waals surface area contributed by atoms with Gasteiger partial charge in [0.05, 0.1) is 15.7 Å². The van der Waals surface area contributed by atoms with Gasteiger partial charge < -0.3 is 4.98 Å². The maximum absolute atomic E-state index is 13.7. The third-order valence-corrected chi connectivity index (χ3v) is 8.29. The second-order valence-corrected chi connectivity index (χ2v) is 11.0. The fourth-order valence-electron chi connectivity index (χ4n) is 5.32. The Morgan fingerprint density at radius 2 is 1.97 bits per heavy atom. The third-order valence-electron chi connectivity index (χ3n) is 7.41. The first-order valence-corrected chi connectivity index (χ1v) is 14.3. The third kappa shape index (κ3) is 5.78. The van der Waals surface area contributed by atoms with E-state index in [1.54, 1.807) is 12.3 Å². The molecular formula is C32H34FN5S. The number of nitrogens with one attached hydrogen (secondary N) is 2. The number of nitrogens with zero attached hydrogens (tertiary/aromatic N) is 3. The van der Waals surface area contributed by atoms with E-state index in [1.807, 2.05) is 32.1 Å². The van der Waals surface area contributed by atoms with E-state index in [9.17, 15) is 4.39 Å². The van der Waals surface area contributed by atoms with E-state index in [4.69, 9.17) is 4.98 Å². The molecular weight excluding hydrogens is 505 g/mol. The molecule has 1 aliphatic rings. The van der Waals surface area contributed by atoms with E-state index >= 15 is 0 Å². The van der Waals surface area contributed by atoms with E-state index in [2.05, 4.69) is 51.6 Å². The zero-order valence-corrected chi connectivity index (χ0v) is 23.4. The molecule has 0 spiro atoms. The normalized spacial score (nSPS) is 16.4. The monoisotopic (exact) mass is 539 g/mol. The van der Waals surface area contributed by atoms with Crippen molar-refractivity contribution in [2.75, 3.05) is 0 Å². The average Bonchev–Trinajstić information content (AvgIpc) is 3.69. The quantitative estimate of drug-likeness (QED) is 0.230. The number of rotatable bonds is 8. The molecule has 5 rings (SSSR count). The number of thiophene rings is 1. The van der Waals surface area contributed by atoms with Gasteiger partial charge in [-0.1, -0.05) is 69.6 Å². The molecule has 0 atom stereocenters. The van der Waals surface area contributed by atoms with Crippen molar-refractivity contribution >= 4 is 34.5 Å². The van der Waals surface area contributed by atoms with E-state index in [0.29, 0.717) is 22.7 Å². The molecule has 1 aliphatic carbocycles. The van der Waals surface area contributed by atoms with Crippen LogP contribution in [0.25, 0.3) is 45.3 Å². The molecule has 0 bridgehead atoms. The number of aromatic nitrogens is 5. The molecule has 200 valence electrons. The van der Waals surface area contributed by atoms with Crippen LogP contribution in [-0.2, 0) is 0 Å². The fourth-order valence-corrected chi connectivity index (χ4v) is 6.05. The van der Waals surface area contributed by atoms with E-state index in [-0.39, 0.29) is 5.13 Å². The highest BCUT2D eigenvalue weighted by molar-refractivity contribution is 7.13. The van der Waals surface area contributed by atoms with Crippen LogP contribution in [0.3, 0.4) is 0 Å². The van der Waals surface area contributed by atoms with Crippen molar-refractivity contribution in [1.82, 2.24) is 25.1 Å². The van der Waals surface area contributed by atoms with E-state index in [0.717, 1.165) is 55.8 Å². The Hall–Kier alpha value is -3.84. The summed E-state index contributed by atoms with van der Waals surface area (Å²) < 4.78 is 13.7. The van der Waals surface area contributed by atoms with Crippen LogP contribution >= 0.6 is 11.3 Å². The molecule has 0 unspecified atom stereocenters. The lowest BCUT2D eigenvalue weighted by Crippen LogP contribution is -2.24. The Bertz CT molecular complexity index is 1690. The molecule has 7 heteroatoms. The van der Waals surface area contributed by atoms with Gasteiger partial charge in [-0.3, -0.25) is 10.1 Å². The molecule has 4 aromatic heterocycles. The van der Waals surface area contributed by atoms with Crippen molar-refractivity contribution in [2.45, 2.75) is 52.4 Å². The van der Waals surface area contributed by atoms with Crippen LogP contribution < -0.4 is 10.6 Å². The highest BCUT2D eigenvalue weighted by Gasteiger charge is 2.17. The summed E-state index contributed by atoms with van der Waals surface area (Å²) in [5.74, 6) is 1.35. The van der Waals surface area contributed by atoms with Gasteiger partial charge in [0.15, 0.2) is 11.0 Å². The van der Waals surface area contributed by atoms with E-state index in [1.165, 1.54) is 43.7 Å². The second-order valence-electron chi connectivity index (χ2n) is 9.98. The minimum atomic E-state index is -0.252. The van der Waals surface area contributed by atoms with Crippen LogP contribution in [0.2, 0.25) is 0 Å². The Labute approximate surface area is 232 Å². The number of pyridine rings is 1. The topological polar surface area (TPSA) is 70.2 Å². The lowest BCUT2D eigenvalue weighted by molar-refractivity contribution is 0.358.